The number of nitrogens with zero attached hydrogens (tertiary/aromatic N) is 1. The van der Waals surface area contributed by atoms with Crippen LogP contribution >= 0.6 is 0 Å². The number of hydrogen-bond acceptors (Lipinski definition) is 2. The Morgan fingerprint density at radius 2 is 1.67 bits per heavy atom. The number of carbonyl (C=O) groups excluding carboxylic acids is 1. The van der Waals surface area contributed by atoms with Crippen molar-refractivity contribution in [2.75, 3.05) is 12.2 Å². The van der Waals surface area contributed by atoms with E-state index in [0.717, 1.165) is 23.2 Å². The number of fused-ring (bicyclic) bond motifs is 2. The van der Waals surface area contributed by atoms with Gasteiger partial charge in [-0.2, -0.15) is 5.06 Å². The van der Waals surface area contributed by atoms with Crippen LogP contribution in [0.5, 0.6) is 0 Å². The second-order valence-electron chi connectivity index (χ2n) is 4.24. The molecular formula is C15H13NO2. The monoisotopic (exact) mass is 239 g/mol. The quantitative estimate of drug-likeness (QED) is 0.765. The van der Waals surface area contributed by atoms with Gasteiger partial charge in [-0.25, -0.2) is 0 Å². The number of carbonyl (C=O) groups is 1. The van der Waals surface area contributed by atoms with Crippen LogP contribution in [0.15, 0.2) is 48.5 Å². The van der Waals surface area contributed by atoms with Gasteiger partial charge < -0.3 is 0 Å². The molecule has 0 aromatic heterocycles. The van der Waals surface area contributed by atoms with E-state index < -0.39 is 0 Å². The van der Waals surface area contributed by atoms with Crippen molar-refractivity contribution in [3.8, 4) is 0 Å². The van der Waals surface area contributed by atoms with Crippen molar-refractivity contribution in [2.45, 2.75) is 6.42 Å². The summed E-state index contributed by atoms with van der Waals surface area (Å²) < 4.78 is 0. The lowest BCUT2D eigenvalue weighted by atomic mass is 10.0. The average Bonchev–Trinajstić information content (AvgIpc) is 2.53. The summed E-state index contributed by atoms with van der Waals surface area (Å²) in [6.07, 6.45) is 0.748. The van der Waals surface area contributed by atoms with Crippen LogP contribution in [0, 0.1) is 0 Å². The summed E-state index contributed by atoms with van der Waals surface area (Å²) in [5, 5.41) is 1.36. The molecule has 0 saturated carbocycles. The molecule has 0 bridgehead atoms. The molecule has 3 rings (SSSR count). The van der Waals surface area contributed by atoms with Gasteiger partial charge in [0.2, 0.25) is 0 Å². The van der Waals surface area contributed by atoms with E-state index in [-0.39, 0.29) is 5.91 Å². The van der Waals surface area contributed by atoms with Crippen molar-refractivity contribution >= 4 is 11.6 Å². The summed E-state index contributed by atoms with van der Waals surface area (Å²) in [6, 6.07) is 15.5. The molecule has 2 aromatic rings. The standard InChI is InChI=1S/C15H13NO2/c1-18-16-14-9-5-3-7-12(14)10-11-6-2-4-8-13(11)15(16)17/h2-9H,10H2,1H3. The third-order valence-electron chi connectivity index (χ3n) is 3.21. The Morgan fingerprint density at radius 1 is 1.00 bits per heavy atom. The molecule has 2 aromatic carbocycles. The molecule has 18 heavy (non-hydrogen) atoms. The van der Waals surface area contributed by atoms with Crippen LogP contribution in [0.1, 0.15) is 21.5 Å². The number of para-hydroxylation sites is 1. The molecule has 1 amide bonds. The third-order valence-corrected chi connectivity index (χ3v) is 3.21. The van der Waals surface area contributed by atoms with Crippen molar-refractivity contribution in [3.63, 3.8) is 0 Å². The summed E-state index contributed by atoms with van der Waals surface area (Å²) in [6.45, 7) is 0. The largest absolute Gasteiger partial charge is 0.282 e. The van der Waals surface area contributed by atoms with Crippen LogP contribution in [0.4, 0.5) is 5.69 Å². The van der Waals surface area contributed by atoms with Crippen molar-refractivity contribution in [1.82, 2.24) is 0 Å². The normalized spacial score (nSPS) is 13.8. The van der Waals surface area contributed by atoms with Gasteiger partial charge in [0, 0.05) is 12.0 Å². The predicted octanol–water partition coefficient (Wildman–Crippen LogP) is 2.80. The molecule has 1 aliphatic heterocycles. The molecule has 1 heterocycles. The highest BCUT2D eigenvalue weighted by molar-refractivity contribution is 6.07. The maximum absolute atomic E-state index is 12.4. The highest BCUT2D eigenvalue weighted by Crippen LogP contribution is 2.30. The maximum Gasteiger partial charge on any atom is 0.282 e. The minimum atomic E-state index is -0.113. The van der Waals surface area contributed by atoms with Gasteiger partial charge >= 0.3 is 0 Å². The molecule has 0 radical (unpaired) electrons. The number of benzene rings is 2. The number of hydroxylamine groups is 1. The van der Waals surface area contributed by atoms with Gasteiger partial charge in [0.05, 0.1) is 12.8 Å². The topological polar surface area (TPSA) is 29.5 Å². The zero-order valence-electron chi connectivity index (χ0n) is 10.1. The van der Waals surface area contributed by atoms with E-state index in [2.05, 4.69) is 0 Å². The van der Waals surface area contributed by atoms with Gasteiger partial charge in [0.15, 0.2) is 0 Å². The molecule has 3 nitrogen and oxygen atoms in total. The first-order valence-corrected chi connectivity index (χ1v) is 5.85. The molecule has 0 atom stereocenters. The number of anilines is 1. The summed E-state index contributed by atoms with van der Waals surface area (Å²) in [4.78, 5) is 17.7. The molecule has 0 unspecified atom stereocenters. The van der Waals surface area contributed by atoms with E-state index in [1.807, 2.05) is 48.5 Å². The second kappa shape index (κ2) is 4.27. The van der Waals surface area contributed by atoms with Gasteiger partial charge in [-0.15, -0.1) is 0 Å². The Kier molecular flexibility index (Phi) is 2.61. The Bertz CT molecular complexity index is 607. The molecule has 0 spiro atoms. The molecular weight excluding hydrogens is 226 g/mol. The smallest absolute Gasteiger partial charge is 0.269 e. The molecule has 0 fully saturated rings. The highest BCUT2D eigenvalue weighted by Gasteiger charge is 2.26. The zero-order chi connectivity index (χ0) is 12.5. The van der Waals surface area contributed by atoms with Crippen LogP contribution < -0.4 is 5.06 Å². The molecule has 0 aliphatic carbocycles. The maximum atomic E-state index is 12.4. The summed E-state index contributed by atoms with van der Waals surface area (Å²) >= 11 is 0. The Morgan fingerprint density at radius 3 is 2.44 bits per heavy atom. The first kappa shape index (κ1) is 11.0. The molecule has 1 aliphatic rings. The molecule has 3 heteroatoms. The Labute approximate surface area is 106 Å². The van der Waals surface area contributed by atoms with E-state index in [0.29, 0.717) is 5.56 Å². The molecule has 0 N–H and O–H groups in total. The van der Waals surface area contributed by atoms with Crippen molar-refractivity contribution in [2.24, 2.45) is 0 Å². The lowest BCUT2D eigenvalue weighted by Crippen LogP contribution is -2.29. The summed E-state index contributed by atoms with van der Waals surface area (Å²) in [7, 11) is 1.52. The number of rotatable bonds is 1. The first-order chi connectivity index (χ1) is 8.81. The molecule has 90 valence electrons. The van der Waals surface area contributed by atoms with Crippen LogP contribution in [-0.2, 0) is 11.3 Å². The van der Waals surface area contributed by atoms with Gasteiger partial charge in [-0.05, 0) is 23.3 Å². The van der Waals surface area contributed by atoms with E-state index in [1.165, 1.54) is 12.2 Å². The lowest BCUT2D eigenvalue weighted by molar-refractivity contribution is 0.0774. The average molecular weight is 239 g/mol. The van der Waals surface area contributed by atoms with Gasteiger partial charge in [0.25, 0.3) is 5.91 Å². The van der Waals surface area contributed by atoms with Crippen LogP contribution in [-0.4, -0.2) is 13.0 Å². The lowest BCUT2D eigenvalue weighted by Gasteiger charge is -2.19. The SMILES string of the molecule is CON1C(=O)c2ccccc2Cc2ccccc21. The third kappa shape index (κ3) is 1.60. The van der Waals surface area contributed by atoms with Gasteiger partial charge in [-0.3, -0.25) is 9.63 Å². The zero-order valence-corrected chi connectivity index (χ0v) is 10.1. The minimum Gasteiger partial charge on any atom is -0.269 e. The number of amides is 1. The van der Waals surface area contributed by atoms with E-state index in [4.69, 9.17) is 4.84 Å². The van der Waals surface area contributed by atoms with Crippen molar-refractivity contribution in [1.29, 1.82) is 0 Å². The molecule has 0 saturated heterocycles. The van der Waals surface area contributed by atoms with Crippen LogP contribution in [0.2, 0.25) is 0 Å². The van der Waals surface area contributed by atoms with Crippen molar-refractivity contribution in [3.05, 3.63) is 65.2 Å². The second-order valence-corrected chi connectivity index (χ2v) is 4.24. The fourth-order valence-corrected chi connectivity index (χ4v) is 2.35. The Hall–Kier alpha value is -2.13. The summed E-state index contributed by atoms with van der Waals surface area (Å²) in [5.74, 6) is -0.113. The fourth-order valence-electron chi connectivity index (χ4n) is 2.35. The Balaban J connectivity index is 2.23. The van der Waals surface area contributed by atoms with Crippen LogP contribution in [0.25, 0.3) is 0 Å². The fraction of sp³-hybridized carbons (Fsp3) is 0.133. The van der Waals surface area contributed by atoms with Crippen LogP contribution in [0.3, 0.4) is 0 Å². The predicted molar refractivity (Wildman–Crippen MR) is 69.5 cm³/mol. The van der Waals surface area contributed by atoms with E-state index in [1.54, 1.807) is 0 Å². The van der Waals surface area contributed by atoms with Gasteiger partial charge in [0.1, 0.15) is 0 Å². The highest BCUT2D eigenvalue weighted by atomic mass is 16.7. The van der Waals surface area contributed by atoms with E-state index >= 15 is 0 Å². The summed E-state index contributed by atoms with van der Waals surface area (Å²) in [5.41, 5.74) is 3.66. The first-order valence-electron chi connectivity index (χ1n) is 5.85. The van der Waals surface area contributed by atoms with Gasteiger partial charge in [-0.1, -0.05) is 36.4 Å². The number of hydrogen-bond donors (Lipinski definition) is 0. The van der Waals surface area contributed by atoms with E-state index in [9.17, 15) is 4.79 Å². The van der Waals surface area contributed by atoms with Crippen molar-refractivity contribution < 1.29 is 9.63 Å². The minimum absolute atomic E-state index is 0.113.